The number of aromatic amines is 1. The van der Waals surface area contributed by atoms with Gasteiger partial charge in [-0.05, 0) is 39.6 Å². The number of hydrogen-bond acceptors (Lipinski definition) is 3. The van der Waals surface area contributed by atoms with Crippen molar-refractivity contribution < 1.29 is 0 Å². The van der Waals surface area contributed by atoms with E-state index in [9.17, 15) is 0 Å². The SMILES string of the molecule is BrCCc1ccc(-c2ccccc2)c(-c2nnn[nH]2)c1. The summed E-state index contributed by atoms with van der Waals surface area (Å²) in [7, 11) is 0. The molecule has 1 heterocycles. The molecule has 0 aliphatic carbocycles. The standard InChI is InChI=1S/C15H13BrN4/c16-9-8-11-6-7-13(12-4-2-1-3-5-12)14(10-11)15-17-19-20-18-15/h1-7,10H,8-9H2,(H,17,18,19,20). The molecule has 0 aliphatic heterocycles. The second-order valence-corrected chi connectivity index (χ2v) is 5.23. The first-order valence-corrected chi connectivity index (χ1v) is 7.49. The highest BCUT2D eigenvalue weighted by Crippen LogP contribution is 2.30. The van der Waals surface area contributed by atoms with Crippen LogP contribution in [-0.2, 0) is 6.42 Å². The molecule has 0 bridgehead atoms. The molecule has 100 valence electrons. The summed E-state index contributed by atoms with van der Waals surface area (Å²) in [6.07, 6.45) is 0.976. The summed E-state index contributed by atoms with van der Waals surface area (Å²) in [5.41, 5.74) is 4.57. The fourth-order valence-electron chi connectivity index (χ4n) is 2.19. The molecule has 0 saturated carbocycles. The minimum absolute atomic E-state index is 0.695. The van der Waals surface area contributed by atoms with Crippen LogP contribution in [0.4, 0.5) is 0 Å². The van der Waals surface area contributed by atoms with Crippen molar-refractivity contribution in [1.82, 2.24) is 20.6 Å². The Kier molecular flexibility index (Phi) is 3.87. The number of halogens is 1. The van der Waals surface area contributed by atoms with Crippen LogP contribution in [0.3, 0.4) is 0 Å². The van der Waals surface area contributed by atoms with Gasteiger partial charge in [-0.3, -0.25) is 0 Å². The normalized spacial score (nSPS) is 10.7. The monoisotopic (exact) mass is 328 g/mol. The van der Waals surface area contributed by atoms with Gasteiger partial charge in [0.25, 0.3) is 0 Å². The average molecular weight is 329 g/mol. The Bertz CT molecular complexity index is 680. The van der Waals surface area contributed by atoms with Gasteiger partial charge in [0.15, 0.2) is 5.82 Å². The molecule has 1 aromatic heterocycles. The molecular weight excluding hydrogens is 316 g/mol. The number of hydrogen-bond donors (Lipinski definition) is 1. The quantitative estimate of drug-likeness (QED) is 0.746. The number of tetrazole rings is 1. The van der Waals surface area contributed by atoms with Crippen LogP contribution in [0.1, 0.15) is 5.56 Å². The molecule has 0 spiro atoms. The van der Waals surface area contributed by atoms with Gasteiger partial charge in [-0.1, -0.05) is 58.4 Å². The number of aromatic nitrogens is 4. The highest BCUT2D eigenvalue weighted by atomic mass is 79.9. The zero-order valence-electron chi connectivity index (χ0n) is 10.8. The highest BCUT2D eigenvalue weighted by molar-refractivity contribution is 9.09. The summed E-state index contributed by atoms with van der Waals surface area (Å²) in [6, 6.07) is 16.7. The molecule has 20 heavy (non-hydrogen) atoms. The summed E-state index contributed by atoms with van der Waals surface area (Å²) in [5.74, 6) is 0.695. The molecule has 4 nitrogen and oxygen atoms in total. The lowest BCUT2D eigenvalue weighted by Crippen LogP contribution is -1.92. The molecule has 0 unspecified atom stereocenters. The van der Waals surface area contributed by atoms with E-state index in [2.05, 4.69) is 66.9 Å². The third-order valence-corrected chi connectivity index (χ3v) is 3.55. The van der Waals surface area contributed by atoms with Crippen molar-refractivity contribution in [2.24, 2.45) is 0 Å². The Hall–Kier alpha value is -2.01. The first-order chi connectivity index (χ1) is 9.88. The summed E-state index contributed by atoms with van der Waals surface area (Å²) < 4.78 is 0. The van der Waals surface area contributed by atoms with E-state index in [-0.39, 0.29) is 0 Å². The van der Waals surface area contributed by atoms with Crippen molar-refractivity contribution in [2.45, 2.75) is 6.42 Å². The van der Waals surface area contributed by atoms with Gasteiger partial charge in [-0.25, -0.2) is 5.10 Å². The van der Waals surface area contributed by atoms with Crippen molar-refractivity contribution in [3.8, 4) is 22.5 Å². The number of rotatable bonds is 4. The zero-order chi connectivity index (χ0) is 13.8. The molecule has 2 aromatic carbocycles. The average Bonchev–Trinajstić information content (AvgIpc) is 3.03. The van der Waals surface area contributed by atoms with E-state index in [1.807, 2.05) is 18.2 Å². The number of H-pyrrole nitrogens is 1. The van der Waals surface area contributed by atoms with Gasteiger partial charge in [0.1, 0.15) is 0 Å². The van der Waals surface area contributed by atoms with E-state index >= 15 is 0 Å². The van der Waals surface area contributed by atoms with Crippen LogP contribution in [0.25, 0.3) is 22.5 Å². The van der Waals surface area contributed by atoms with Crippen LogP contribution in [-0.4, -0.2) is 26.0 Å². The first-order valence-electron chi connectivity index (χ1n) is 6.37. The number of nitrogens with zero attached hydrogens (tertiary/aromatic N) is 3. The fraction of sp³-hybridized carbons (Fsp3) is 0.133. The maximum Gasteiger partial charge on any atom is 0.180 e. The molecule has 1 N–H and O–H groups in total. The Morgan fingerprint density at radius 2 is 1.85 bits per heavy atom. The maximum absolute atomic E-state index is 4.05. The number of alkyl halides is 1. The Labute approximate surface area is 125 Å². The van der Waals surface area contributed by atoms with Crippen LogP contribution in [0, 0.1) is 0 Å². The van der Waals surface area contributed by atoms with E-state index in [1.165, 1.54) is 5.56 Å². The molecule has 0 radical (unpaired) electrons. The highest BCUT2D eigenvalue weighted by Gasteiger charge is 2.11. The van der Waals surface area contributed by atoms with Gasteiger partial charge in [0.05, 0.1) is 0 Å². The van der Waals surface area contributed by atoms with Crippen LogP contribution < -0.4 is 0 Å². The summed E-state index contributed by atoms with van der Waals surface area (Å²) in [4.78, 5) is 0. The van der Waals surface area contributed by atoms with Gasteiger partial charge >= 0.3 is 0 Å². The number of aryl methyl sites for hydroxylation is 1. The molecule has 0 atom stereocenters. The molecule has 0 saturated heterocycles. The number of nitrogens with one attached hydrogen (secondary N) is 1. The molecular formula is C15H13BrN4. The molecule has 5 heteroatoms. The van der Waals surface area contributed by atoms with Gasteiger partial charge < -0.3 is 0 Å². The minimum atomic E-state index is 0.695. The molecule has 0 amide bonds. The van der Waals surface area contributed by atoms with Crippen molar-refractivity contribution in [1.29, 1.82) is 0 Å². The molecule has 3 aromatic rings. The van der Waals surface area contributed by atoms with E-state index in [0.717, 1.165) is 28.4 Å². The summed E-state index contributed by atoms with van der Waals surface area (Å²) >= 11 is 3.47. The molecule has 3 rings (SSSR count). The van der Waals surface area contributed by atoms with E-state index < -0.39 is 0 Å². The van der Waals surface area contributed by atoms with Gasteiger partial charge in [0, 0.05) is 10.9 Å². The van der Waals surface area contributed by atoms with Gasteiger partial charge in [-0.2, -0.15) is 0 Å². The summed E-state index contributed by atoms with van der Waals surface area (Å²) in [6.45, 7) is 0. The first kappa shape index (κ1) is 13.0. The van der Waals surface area contributed by atoms with E-state index in [4.69, 9.17) is 0 Å². The lowest BCUT2D eigenvalue weighted by Gasteiger charge is -2.09. The topological polar surface area (TPSA) is 54.5 Å². The molecule has 0 fully saturated rings. The third-order valence-electron chi connectivity index (χ3n) is 3.15. The van der Waals surface area contributed by atoms with Crippen molar-refractivity contribution in [3.05, 3.63) is 54.1 Å². The second kappa shape index (κ2) is 5.96. The predicted molar refractivity (Wildman–Crippen MR) is 82.5 cm³/mol. The fourth-order valence-corrected chi connectivity index (χ4v) is 2.65. The van der Waals surface area contributed by atoms with E-state index in [1.54, 1.807) is 0 Å². The van der Waals surface area contributed by atoms with Gasteiger partial charge in [-0.15, -0.1) is 5.10 Å². The van der Waals surface area contributed by atoms with Crippen LogP contribution in [0.5, 0.6) is 0 Å². The Balaban J connectivity index is 2.14. The maximum atomic E-state index is 4.05. The largest absolute Gasteiger partial charge is 0.239 e. The Morgan fingerprint density at radius 1 is 1.00 bits per heavy atom. The minimum Gasteiger partial charge on any atom is -0.239 e. The molecule has 0 aliphatic rings. The van der Waals surface area contributed by atoms with Crippen LogP contribution in [0.15, 0.2) is 48.5 Å². The summed E-state index contributed by atoms with van der Waals surface area (Å²) in [5, 5.41) is 15.2. The predicted octanol–water partition coefficient (Wildman–Crippen LogP) is 3.47. The lowest BCUT2D eigenvalue weighted by atomic mass is 9.96. The van der Waals surface area contributed by atoms with Crippen molar-refractivity contribution in [3.63, 3.8) is 0 Å². The smallest absolute Gasteiger partial charge is 0.180 e. The Morgan fingerprint density at radius 3 is 2.55 bits per heavy atom. The van der Waals surface area contributed by atoms with Crippen LogP contribution in [0.2, 0.25) is 0 Å². The van der Waals surface area contributed by atoms with Crippen molar-refractivity contribution in [2.75, 3.05) is 5.33 Å². The van der Waals surface area contributed by atoms with Crippen molar-refractivity contribution >= 4 is 15.9 Å². The van der Waals surface area contributed by atoms with Crippen LogP contribution >= 0.6 is 15.9 Å². The number of benzene rings is 2. The zero-order valence-corrected chi connectivity index (χ0v) is 12.3. The van der Waals surface area contributed by atoms with Gasteiger partial charge in [0.2, 0.25) is 0 Å². The second-order valence-electron chi connectivity index (χ2n) is 4.43. The third kappa shape index (κ3) is 2.63. The van der Waals surface area contributed by atoms with E-state index in [0.29, 0.717) is 5.82 Å². The lowest BCUT2D eigenvalue weighted by molar-refractivity contribution is 0.881.